The van der Waals surface area contributed by atoms with Crippen LogP contribution in [0.25, 0.3) is 21.9 Å². The number of benzene rings is 1. The molecule has 1 aliphatic rings. The molecule has 0 unspecified atom stereocenters. The van der Waals surface area contributed by atoms with Gasteiger partial charge < -0.3 is 20.1 Å². The first kappa shape index (κ1) is 18.0. The zero-order valence-corrected chi connectivity index (χ0v) is 16.0. The van der Waals surface area contributed by atoms with E-state index >= 15 is 0 Å². The van der Waals surface area contributed by atoms with E-state index in [9.17, 15) is 9.90 Å². The highest BCUT2D eigenvalue weighted by atomic mass is 16.5. The third kappa shape index (κ3) is 3.11. The van der Waals surface area contributed by atoms with Gasteiger partial charge in [-0.2, -0.15) is 0 Å². The largest absolute Gasteiger partial charge is 0.427 e. The number of pyridine rings is 1. The van der Waals surface area contributed by atoms with Crippen LogP contribution in [0.4, 0.5) is 0 Å². The normalized spacial score (nSPS) is 15.1. The third-order valence-electron chi connectivity index (χ3n) is 5.58. The molecule has 27 heavy (non-hydrogen) atoms. The molecule has 6 nitrogen and oxygen atoms in total. The number of aliphatic hydroxyl groups is 1. The molecule has 2 aromatic heterocycles. The van der Waals surface area contributed by atoms with E-state index in [1.807, 2.05) is 26.0 Å². The first-order valence-electron chi connectivity index (χ1n) is 9.12. The van der Waals surface area contributed by atoms with Crippen molar-refractivity contribution in [1.82, 2.24) is 15.3 Å². The molecule has 0 aliphatic carbocycles. The van der Waals surface area contributed by atoms with Gasteiger partial charge in [-0.25, -0.2) is 4.98 Å². The molecule has 1 radical (unpaired) electrons. The van der Waals surface area contributed by atoms with E-state index in [0.29, 0.717) is 6.54 Å². The molecule has 1 aliphatic heterocycles. The summed E-state index contributed by atoms with van der Waals surface area (Å²) in [5.74, 6) is -0.0268. The Morgan fingerprint density at radius 2 is 1.96 bits per heavy atom. The van der Waals surface area contributed by atoms with Gasteiger partial charge in [-0.1, -0.05) is 6.07 Å². The monoisotopic (exact) mass is 364 g/mol. The first-order chi connectivity index (χ1) is 12.7. The Morgan fingerprint density at radius 3 is 2.70 bits per heavy atom. The fourth-order valence-corrected chi connectivity index (χ4v) is 3.13. The molecule has 3 N–H and O–H groups in total. The molecule has 0 saturated heterocycles. The Bertz CT molecular complexity index is 1050. The second kappa shape index (κ2) is 6.07. The molecule has 0 spiro atoms. The van der Waals surface area contributed by atoms with Crippen LogP contribution in [0.15, 0.2) is 24.4 Å². The van der Waals surface area contributed by atoms with Gasteiger partial charge in [0.05, 0.1) is 11.2 Å². The molecule has 1 amide bonds. The maximum absolute atomic E-state index is 12.1. The Hall–Kier alpha value is -2.38. The Morgan fingerprint density at radius 1 is 1.19 bits per heavy atom. The van der Waals surface area contributed by atoms with E-state index in [4.69, 9.17) is 4.65 Å². The van der Waals surface area contributed by atoms with Crippen LogP contribution < -0.4 is 10.8 Å². The van der Waals surface area contributed by atoms with Crippen LogP contribution in [0.5, 0.6) is 0 Å². The number of carbonyl (C=O) groups is 1. The average Bonchev–Trinajstić information content (AvgIpc) is 2.95. The highest BCUT2D eigenvalue weighted by Crippen LogP contribution is 2.28. The highest BCUT2D eigenvalue weighted by molar-refractivity contribution is 6.47. The molecule has 0 saturated carbocycles. The Kier molecular flexibility index (Phi) is 4.05. The van der Waals surface area contributed by atoms with Gasteiger partial charge in [-0.3, -0.25) is 4.79 Å². The second-order valence-electron chi connectivity index (χ2n) is 8.16. The van der Waals surface area contributed by atoms with Crippen LogP contribution in [-0.4, -0.2) is 46.2 Å². The summed E-state index contributed by atoms with van der Waals surface area (Å²) in [6.45, 7) is 7.80. The van der Waals surface area contributed by atoms with Crippen LogP contribution >= 0.6 is 0 Å². The number of nitrogens with zero attached hydrogens (tertiary/aromatic N) is 1. The fraction of sp³-hybridized carbons (Fsp3) is 0.400. The van der Waals surface area contributed by atoms with E-state index in [0.717, 1.165) is 44.9 Å². The lowest BCUT2D eigenvalue weighted by atomic mass is 9.83. The average molecular weight is 364 g/mol. The molecule has 3 heterocycles. The van der Waals surface area contributed by atoms with Crippen LogP contribution in [-0.2, 0) is 11.1 Å². The molecular formula is C20H23BN3O3. The molecule has 0 atom stereocenters. The second-order valence-corrected chi connectivity index (χ2v) is 8.16. The topological polar surface area (TPSA) is 87.2 Å². The quantitative estimate of drug-likeness (QED) is 0.617. The predicted molar refractivity (Wildman–Crippen MR) is 106 cm³/mol. The Labute approximate surface area is 158 Å². The molecule has 3 aromatic rings. The molecule has 0 fully saturated rings. The Balaban J connectivity index is 1.71. The van der Waals surface area contributed by atoms with E-state index in [2.05, 4.69) is 21.4 Å². The summed E-state index contributed by atoms with van der Waals surface area (Å²) in [7, 11) is 1.63. The van der Waals surface area contributed by atoms with Crippen molar-refractivity contribution in [3.63, 3.8) is 0 Å². The highest BCUT2D eigenvalue weighted by Gasteiger charge is 2.35. The van der Waals surface area contributed by atoms with Gasteiger partial charge in [-0.05, 0) is 57.3 Å². The number of fused-ring (bicyclic) bond motifs is 4. The summed E-state index contributed by atoms with van der Waals surface area (Å²) in [6.07, 6.45) is 2.55. The smallest absolute Gasteiger partial charge is 0.332 e. The van der Waals surface area contributed by atoms with Crippen LogP contribution in [0.2, 0.25) is 0 Å². The minimum Gasteiger partial charge on any atom is -0.427 e. The zero-order chi connectivity index (χ0) is 19.4. The van der Waals surface area contributed by atoms with E-state index in [1.54, 1.807) is 27.5 Å². The van der Waals surface area contributed by atoms with Gasteiger partial charge in [0.15, 0.2) is 0 Å². The van der Waals surface area contributed by atoms with Crippen molar-refractivity contribution in [2.75, 3.05) is 6.54 Å². The van der Waals surface area contributed by atoms with Crippen LogP contribution in [0, 0.1) is 0 Å². The van der Waals surface area contributed by atoms with Crippen molar-refractivity contribution in [3.8, 4) is 0 Å². The van der Waals surface area contributed by atoms with Crippen molar-refractivity contribution in [3.05, 3.63) is 35.5 Å². The van der Waals surface area contributed by atoms with Gasteiger partial charge in [0, 0.05) is 34.6 Å². The standard InChI is InChI=1S/C20H23BN3O3/c1-19(2,26)20(3,4)27-21-12-8-15-14-7-11-5-6-22-18(25)13(11)9-16(14)24-17(15)23-10-12/h7-10,26H,5-6H2,1-4H3,(H,22,25)(H,23,24). The number of hydrogen-bond acceptors (Lipinski definition) is 4. The molecule has 7 heteroatoms. The van der Waals surface area contributed by atoms with Gasteiger partial charge >= 0.3 is 7.48 Å². The van der Waals surface area contributed by atoms with Crippen molar-refractivity contribution in [2.45, 2.75) is 45.3 Å². The zero-order valence-electron chi connectivity index (χ0n) is 16.0. The predicted octanol–water partition coefficient (Wildman–Crippen LogP) is 1.81. The third-order valence-corrected chi connectivity index (χ3v) is 5.58. The molecule has 0 bridgehead atoms. The number of nitrogens with one attached hydrogen (secondary N) is 2. The molecule has 1 aromatic carbocycles. The number of aromatic nitrogens is 2. The number of aromatic amines is 1. The van der Waals surface area contributed by atoms with Crippen molar-refractivity contribution in [1.29, 1.82) is 0 Å². The fourth-order valence-electron chi connectivity index (χ4n) is 3.13. The number of rotatable bonds is 4. The van der Waals surface area contributed by atoms with Gasteiger partial charge in [0.1, 0.15) is 5.65 Å². The number of carbonyl (C=O) groups excluding carboxylic acids is 1. The van der Waals surface area contributed by atoms with Gasteiger partial charge in [0.2, 0.25) is 0 Å². The summed E-state index contributed by atoms with van der Waals surface area (Å²) in [5, 5.41) is 15.1. The van der Waals surface area contributed by atoms with E-state index in [1.165, 1.54) is 0 Å². The van der Waals surface area contributed by atoms with Crippen LogP contribution in [0.3, 0.4) is 0 Å². The van der Waals surface area contributed by atoms with Crippen molar-refractivity contribution in [2.24, 2.45) is 0 Å². The summed E-state index contributed by atoms with van der Waals surface area (Å²) in [6, 6.07) is 5.99. The van der Waals surface area contributed by atoms with Crippen molar-refractivity contribution < 1.29 is 14.6 Å². The van der Waals surface area contributed by atoms with Gasteiger partial charge in [-0.15, -0.1) is 0 Å². The molecule has 4 rings (SSSR count). The summed E-state index contributed by atoms with van der Waals surface area (Å²) in [5.41, 5.74) is 2.53. The molecular weight excluding hydrogens is 341 g/mol. The molecule has 139 valence electrons. The SMILES string of the molecule is CC(C)(O)C(C)(C)O[B]c1cnc2[nH]c3cc4c(cc3c2c1)CCNC4=O. The summed E-state index contributed by atoms with van der Waals surface area (Å²) in [4.78, 5) is 19.9. The minimum absolute atomic E-state index is 0.0268. The lowest BCUT2D eigenvalue weighted by molar-refractivity contribution is -0.0893. The van der Waals surface area contributed by atoms with Crippen molar-refractivity contribution >= 4 is 40.8 Å². The summed E-state index contributed by atoms with van der Waals surface area (Å²) < 4.78 is 5.84. The summed E-state index contributed by atoms with van der Waals surface area (Å²) >= 11 is 0. The number of amides is 1. The van der Waals surface area contributed by atoms with E-state index in [-0.39, 0.29) is 5.91 Å². The lowest BCUT2D eigenvalue weighted by Crippen LogP contribution is -2.49. The van der Waals surface area contributed by atoms with E-state index < -0.39 is 11.2 Å². The maximum atomic E-state index is 12.1. The lowest BCUT2D eigenvalue weighted by Gasteiger charge is -2.37. The number of hydrogen-bond donors (Lipinski definition) is 3. The maximum Gasteiger partial charge on any atom is 0.332 e. The number of H-pyrrole nitrogens is 1. The van der Waals surface area contributed by atoms with Crippen LogP contribution in [0.1, 0.15) is 43.6 Å². The van der Waals surface area contributed by atoms with Gasteiger partial charge in [0.25, 0.3) is 5.91 Å². The minimum atomic E-state index is -0.985. The first-order valence-corrected chi connectivity index (χ1v) is 9.12.